The van der Waals surface area contributed by atoms with Crippen molar-refractivity contribution in [2.75, 3.05) is 21.2 Å². The van der Waals surface area contributed by atoms with E-state index in [1.807, 2.05) is 26.8 Å². The fourth-order valence-corrected chi connectivity index (χ4v) is 2.67. The van der Waals surface area contributed by atoms with E-state index in [1.54, 1.807) is 31.1 Å². The van der Waals surface area contributed by atoms with E-state index < -0.39 is 10.0 Å². The van der Waals surface area contributed by atoms with E-state index in [9.17, 15) is 8.42 Å². The average molecular weight is 298 g/mol. The Morgan fingerprint density at radius 1 is 1.25 bits per heavy atom. The summed E-state index contributed by atoms with van der Waals surface area (Å²) in [6.45, 7) is 6.07. The number of rotatable bonds is 4. The Balaban J connectivity index is 3.42. The van der Waals surface area contributed by atoms with Crippen molar-refractivity contribution < 1.29 is 13.2 Å². The first kappa shape index (κ1) is 16.5. The van der Waals surface area contributed by atoms with Crippen LogP contribution in [-0.2, 0) is 15.4 Å². The number of sulfonamides is 1. The minimum absolute atomic E-state index is 0.0884. The van der Waals surface area contributed by atoms with E-state index in [-0.39, 0.29) is 10.3 Å². The molecule has 0 amide bonds. The van der Waals surface area contributed by atoms with Crippen molar-refractivity contribution in [1.29, 1.82) is 0 Å². The molecule has 0 saturated carbocycles. The molecule has 1 aromatic carbocycles. The standard InChI is InChI=1S/C14H22N2O3S/c1-14(2,3)11-7-8-12(19-6)13(9-11)20(17,18)15-10-16(4)5/h7-10H,1-6H3/b15-10+. The highest BCUT2D eigenvalue weighted by Gasteiger charge is 2.22. The molecule has 20 heavy (non-hydrogen) atoms. The molecule has 1 rings (SSSR count). The molecule has 0 radical (unpaired) electrons. The van der Waals surface area contributed by atoms with Gasteiger partial charge in [-0.05, 0) is 23.1 Å². The van der Waals surface area contributed by atoms with Crippen LogP contribution in [0.4, 0.5) is 0 Å². The zero-order chi connectivity index (χ0) is 15.6. The topological polar surface area (TPSA) is 59.0 Å². The van der Waals surface area contributed by atoms with Gasteiger partial charge in [0, 0.05) is 14.1 Å². The van der Waals surface area contributed by atoms with Gasteiger partial charge in [0.15, 0.2) is 0 Å². The van der Waals surface area contributed by atoms with Crippen LogP contribution >= 0.6 is 0 Å². The van der Waals surface area contributed by atoms with Crippen molar-refractivity contribution in [3.05, 3.63) is 23.8 Å². The molecule has 0 aliphatic heterocycles. The summed E-state index contributed by atoms with van der Waals surface area (Å²) >= 11 is 0. The highest BCUT2D eigenvalue weighted by Crippen LogP contribution is 2.31. The minimum atomic E-state index is -3.78. The molecule has 0 spiro atoms. The summed E-state index contributed by atoms with van der Waals surface area (Å²) in [5, 5.41) is 0. The van der Waals surface area contributed by atoms with Gasteiger partial charge in [-0.15, -0.1) is 4.40 Å². The van der Waals surface area contributed by atoms with Crippen molar-refractivity contribution in [1.82, 2.24) is 4.90 Å². The molecule has 0 heterocycles. The Labute approximate surface area is 121 Å². The van der Waals surface area contributed by atoms with Crippen LogP contribution in [0.2, 0.25) is 0 Å². The first-order valence-electron chi connectivity index (χ1n) is 6.23. The fourth-order valence-electron chi connectivity index (χ4n) is 1.56. The Morgan fingerprint density at radius 3 is 2.30 bits per heavy atom. The molecule has 0 aliphatic rings. The molecule has 1 aromatic rings. The van der Waals surface area contributed by atoms with Gasteiger partial charge in [0.1, 0.15) is 17.0 Å². The molecule has 0 fully saturated rings. The van der Waals surface area contributed by atoms with Crippen molar-refractivity contribution in [2.45, 2.75) is 31.1 Å². The highest BCUT2D eigenvalue weighted by molar-refractivity contribution is 7.90. The molecule has 5 nitrogen and oxygen atoms in total. The van der Waals surface area contributed by atoms with Crippen LogP contribution in [-0.4, -0.2) is 40.9 Å². The van der Waals surface area contributed by atoms with Crippen LogP contribution in [0.3, 0.4) is 0 Å². The normalized spacial score (nSPS) is 12.7. The van der Waals surface area contributed by atoms with Crippen LogP contribution < -0.4 is 4.74 Å². The van der Waals surface area contributed by atoms with Crippen LogP contribution in [0.25, 0.3) is 0 Å². The number of nitrogens with zero attached hydrogens (tertiary/aromatic N) is 2. The number of benzene rings is 1. The van der Waals surface area contributed by atoms with E-state index in [0.717, 1.165) is 5.56 Å². The number of methoxy groups -OCH3 is 1. The predicted octanol–water partition coefficient (Wildman–Crippen LogP) is 2.27. The monoisotopic (exact) mass is 298 g/mol. The molecule has 112 valence electrons. The van der Waals surface area contributed by atoms with Gasteiger partial charge in [0.25, 0.3) is 10.0 Å². The van der Waals surface area contributed by atoms with Crippen molar-refractivity contribution in [2.24, 2.45) is 4.40 Å². The third kappa shape index (κ3) is 3.96. The molecule has 0 bridgehead atoms. The SMILES string of the molecule is COc1ccc(C(C)(C)C)cc1S(=O)(=O)/N=C/N(C)C. The summed E-state index contributed by atoms with van der Waals surface area (Å²) in [7, 11) is 1.09. The highest BCUT2D eigenvalue weighted by atomic mass is 32.2. The van der Waals surface area contributed by atoms with Crippen LogP contribution in [0, 0.1) is 0 Å². The molecular formula is C14H22N2O3S. The van der Waals surface area contributed by atoms with E-state index >= 15 is 0 Å². The summed E-state index contributed by atoms with van der Waals surface area (Å²) in [5.74, 6) is 0.300. The van der Waals surface area contributed by atoms with Crippen LogP contribution in [0.5, 0.6) is 5.75 Å². The fraction of sp³-hybridized carbons (Fsp3) is 0.500. The van der Waals surface area contributed by atoms with E-state index in [2.05, 4.69) is 4.40 Å². The Hall–Kier alpha value is -1.56. The maximum Gasteiger partial charge on any atom is 0.287 e. The lowest BCUT2D eigenvalue weighted by molar-refractivity contribution is 0.402. The first-order valence-corrected chi connectivity index (χ1v) is 7.67. The van der Waals surface area contributed by atoms with Crippen molar-refractivity contribution in [3.63, 3.8) is 0 Å². The van der Waals surface area contributed by atoms with Gasteiger partial charge in [0.2, 0.25) is 0 Å². The summed E-state index contributed by atoms with van der Waals surface area (Å²) < 4.78 is 33.4. The van der Waals surface area contributed by atoms with Crippen LogP contribution in [0.1, 0.15) is 26.3 Å². The quantitative estimate of drug-likeness (QED) is 0.632. The lowest BCUT2D eigenvalue weighted by Crippen LogP contribution is -2.14. The first-order chi connectivity index (χ1) is 9.08. The zero-order valence-electron chi connectivity index (χ0n) is 12.8. The minimum Gasteiger partial charge on any atom is -0.495 e. The largest absolute Gasteiger partial charge is 0.495 e. The van der Waals surface area contributed by atoms with Gasteiger partial charge in [0.05, 0.1) is 7.11 Å². The van der Waals surface area contributed by atoms with Gasteiger partial charge < -0.3 is 9.64 Å². The molecule has 0 atom stereocenters. The summed E-state index contributed by atoms with van der Waals surface area (Å²) in [6.07, 6.45) is 1.26. The zero-order valence-corrected chi connectivity index (χ0v) is 13.7. The van der Waals surface area contributed by atoms with Crippen LogP contribution in [0.15, 0.2) is 27.5 Å². The van der Waals surface area contributed by atoms with E-state index in [1.165, 1.54) is 13.4 Å². The smallest absolute Gasteiger partial charge is 0.287 e. The molecule has 0 unspecified atom stereocenters. The van der Waals surface area contributed by atoms with Gasteiger partial charge in [-0.1, -0.05) is 26.8 Å². The Morgan fingerprint density at radius 2 is 1.85 bits per heavy atom. The predicted molar refractivity (Wildman–Crippen MR) is 81.1 cm³/mol. The second kappa shape index (κ2) is 5.83. The Kier molecular flexibility index (Phi) is 4.81. The second-order valence-electron chi connectivity index (χ2n) is 5.78. The maximum atomic E-state index is 12.3. The average Bonchev–Trinajstić information content (AvgIpc) is 2.34. The van der Waals surface area contributed by atoms with Crippen molar-refractivity contribution in [3.8, 4) is 5.75 Å². The molecular weight excluding hydrogens is 276 g/mol. The summed E-state index contributed by atoms with van der Waals surface area (Å²) in [4.78, 5) is 1.66. The maximum absolute atomic E-state index is 12.3. The van der Waals surface area contributed by atoms with Crippen molar-refractivity contribution >= 4 is 16.4 Å². The third-order valence-electron chi connectivity index (χ3n) is 2.72. The van der Waals surface area contributed by atoms with Gasteiger partial charge in [-0.2, -0.15) is 8.42 Å². The van der Waals surface area contributed by atoms with Gasteiger partial charge in [-0.25, -0.2) is 0 Å². The number of hydrogen-bond acceptors (Lipinski definition) is 3. The van der Waals surface area contributed by atoms with E-state index in [4.69, 9.17) is 4.74 Å². The summed E-state index contributed by atoms with van der Waals surface area (Å²) in [5.41, 5.74) is 0.763. The van der Waals surface area contributed by atoms with E-state index in [0.29, 0.717) is 5.75 Å². The summed E-state index contributed by atoms with van der Waals surface area (Å²) in [6, 6.07) is 5.16. The molecule has 0 aromatic heterocycles. The molecule has 6 heteroatoms. The van der Waals surface area contributed by atoms with Gasteiger partial charge in [-0.3, -0.25) is 0 Å². The Bertz CT molecular complexity index is 599. The lowest BCUT2D eigenvalue weighted by Gasteiger charge is -2.20. The van der Waals surface area contributed by atoms with Gasteiger partial charge >= 0.3 is 0 Å². The molecule has 0 N–H and O–H groups in total. The molecule has 0 aliphatic carbocycles. The number of ether oxygens (including phenoxy) is 1. The number of hydrogen-bond donors (Lipinski definition) is 0. The lowest BCUT2D eigenvalue weighted by atomic mass is 9.87. The second-order valence-corrected chi connectivity index (χ2v) is 7.38. The molecule has 0 saturated heterocycles. The third-order valence-corrected chi connectivity index (χ3v) is 3.97.